The van der Waals surface area contributed by atoms with Gasteiger partial charge in [-0.15, -0.1) is 0 Å². The molecule has 1 aliphatic rings. The van der Waals surface area contributed by atoms with Crippen LogP contribution in [0.3, 0.4) is 0 Å². The second-order valence-corrected chi connectivity index (χ2v) is 7.79. The number of para-hydroxylation sites is 3. The Hall–Kier alpha value is -3.74. The standard InChI is InChI=1S/C24H24N6O/c1-17-23(27-22-11-7-6-10-21(22)26-17)28-12-14-29(15-13-28)24(31)20-16-25-30(18(20)2)19-8-4-3-5-9-19/h3-11,16H,12-15H2,1-2H3. The Morgan fingerprint density at radius 3 is 2.19 bits per heavy atom. The molecule has 1 fully saturated rings. The highest BCUT2D eigenvalue weighted by Crippen LogP contribution is 2.22. The topological polar surface area (TPSA) is 67.2 Å². The lowest BCUT2D eigenvalue weighted by atomic mass is 10.2. The molecule has 2 aromatic heterocycles. The van der Waals surface area contributed by atoms with Crippen molar-refractivity contribution in [3.05, 3.63) is 77.7 Å². The summed E-state index contributed by atoms with van der Waals surface area (Å²) in [5.74, 6) is 0.930. The van der Waals surface area contributed by atoms with Crippen molar-refractivity contribution in [3.8, 4) is 5.69 Å². The third-order valence-electron chi connectivity index (χ3n) is 5.83. The lowest BCUT2D eigenvalue weighted by Gasteiger charge is -2.35. The molecule has 7 nitrogen and oxygen atoms in total. The highest BCUT2D eigenvalue weighted by Gasteiger charge is 2.26. The van der Waals surface area contributed by atoms with Crippen LogP contribution in [0.1, 0.15) is 21.7 Å². The highest BCUT2D eigenvalue weighted by molar-refractivity contribution is 5.95. The summed E-state index contributed by atoms with van der Waals surface area (Å²) in [6.07, 6.45) is 1.68. The van der Waals surface area contributed by atoms with Crippen molar-refractivity contribution in [2.24, 2.45) is 0 Å². The normalized spacial score (nSPS) is 14.3. The van der Waals surface area contributed by atoms with Gasteiger partial charge in [0.05, 0.1) is 39.9 Å². The first-order chi connectivity index (χ1) is 15.1. The Morgan fingerprint density at radius 2 is 1.48 bits per heavy atom. The van der Waals surface area contributed by atoms with Gasteiger partial charge in [-0.05, 0) is 38.1 Å². The van der Waals surface area contributed by atoms with Crippen LogP contribution < -0.4 is 4.90 Å². The predicted octanol–water partition coefficient (Wildman–Crippen LogP) is 3.39. The van der Waals surface area contributed by atoms with Gasteiger partial charge in [-0.2, -0.15) is 5.10 Å². The third-order valence-corrected chi connectivity index (χ3v) is 5.83. The van der Waals surface area contributed by atoms with Gasteiger partial charge in [0.1, 0.15) is 0 Å². The number of carbonyl (C=O) groups is 1. The molecule has 2 aromatic carbocycles. The molecule has 1 aliphatic heterocycles. The number of anilines is 1. The van der Waals surface area contributed by atoms with Crippen LogP contribution in [0.25, 0.3) is 16.7 Å². The molecule has 7 heteroatoms. The fourth-order valence-corrected chi connectivity index (χ4v) is 4.12. The summed E-state index contributed by atoms with van der Waals surface area (Å²) in [5.41, 5.74) is 5.18. The number of carbonyl (C=O) groups excluding carboxylic acids is 1. The van der Waals surface area contributed by atoms with Gasteiger partial charge in [0, 0.05) is 26.2 Å². The Balaban J connectivity index is 1.32. The molecule has 1 saturated heterocycles. The van der Waals surface area contributed by atoms with E-state index in [1.165, 1.54) is 0 Å². The molecule has 0 bridgehead atoms. The van der Waals surface area contributed by atoms with E-state index in [-0.39, 0.29) is 5.91 Å². The second-order valence-electron chi connectivity index (χ2n) is 7.79. The van der Waals surface area contributed by atoms with Crippen molar-refractivity contribution in [2.45, 2.75) is 13.8 Å². The van der Waals surface area contributed by atoms with Gasteiger partial charge in [-0.25, -0.2) is 14.6 Å². The third kappa shape index (κ3) is 3.52. The van der Waals surface area contributed by atoms with E-state index < -0.39 is 0 Å². The Bertz CT molecular complexity index is 1240. The summed E-state index contributed by atoms with van der Waals surface area (Å²) in [7, 11) is 0. The Kier molecular flexibility index (Phi) is 4.86. The van der Waals surface area contributed by atoms with Crippen molar-refractivity contribution in [2.75, 3.05) is 31.1 Å². The SMILES string of the molecule is Cc1nc2ccccc2nc1N1CCN(C(=O)c2cnn(-c3ccccc3)c2C)CC1. The number of fused-ring (bicyclic) bond motifs is 1. The zero-order valence-corrected chi connectivity index (χ0v) is 17.7. The van der Waals surface area contributed by atoms with E-state index in [0.717, 1.165) is 47.0 Å². The fraction of sp³-hybridized carbons (Fsp3) is 0.250. The maximum atomic E-state index is 13.2. The minimum atomic E-state index is 0.0284. The minimum Gasteiger partial charge on any atom is -0.352 e. The first kappa shape index (κ1) is 19.2. The summed E-state index contributed by atoms with van der Waals surface area (Å²) in [6, 6.07) is 17.8. The van der Waals surface area contributed by atoms with E-state index in [1.807, 2.05) is 78.0 Å². The van der Waals surface area contributed by atoms with E-state index in [2.05, 4.69) is 10.00 Å². The van der Waals surface area contributed by atoms with Crippen LogP contribution in [-0.2, 0) is 0 Å². The molecule has 0 saturated carbocycles. The lowest BCUT2D eigenvalue weighted by molar-refractivity contribution is 0.0745. The molecule has 0 unspecified atom stereocenters. The van der Waals surface area contributed by atoms with Crippen LogP contribution in [0.2, 0.25) is 0 Å². The van der Waals surface area contributed by atoms with Crippen molar-refractivity contribution >= 4 is 22.8 Å². The minimum absolute atomic E-state index is 0.0284. The molecule has 3 heterocycles. The number of benzene rings is 2. The van der Waals surface area contributed by atoms with Gasteiger partial charge in [-0.3, -0.25) is 4.79 Å². The molecular formula is C24H24N6O. The molecule has 4 aromatic rings. The van der Waals surface area contributed by atoms with Crippen LogP contribution in [0.5, 0.6) is 0 Å². The molecule has 0 N–H and O–H groups in total. The molecule has 0 atom stereocenters. The van der Waals surface area contributed by atoms with Crippen LogP contribution in [0.15, 0.2) is 60.8 Å². The number of aromatic nitrogens is 4. The number of hydrogen-bond donors (Lipinski definition) is 0. The van der Waals surface area contributed by atoms with E-state index >= 15 is 0 Å². The monoisotopic (exact) mass is 412 g/mol. The highest BCUT2D eigenvalue weighted by atomic mass is 16.2. The van der Waals surface area contributed by atoms with Gasteiger partial charge < -0.3 is 9.80 Å². The summed E-state index contributed by atoms with van der Waals surface area (Å²) < 4.78 is 1.82. The molecular weight excluding hydrogens is 388 g/mol. The van der Waals surface area contributed by atoms with E-state index in [1.54, 1.807) is 6.20 Å². The molecule has 0 spiro atoms. The average Bonchev–Trinajstić information content (AvgIpc) is 3.20. The zero-order chi connectivity index (χ0) is 21.4. The van der Waals surface area contributed by atoms with Crippen molar-refractivity contribution < 1.29 is 4.79 Å². The zero-order valence-electron chi connectivity index (χ0n) is 17.7. The summed E-state index contributed by atoms with van der Waals surface area (Å²) >= 11 is 0. The first-order valence-corrected chi connectivity index (χ1v) is 10.5. The van der Waals surface area contributed by atoms with Crippen LogP contribution >= 0.6 is 0 Å². The van der Waals surface area contributed by atoms with Gasteiger partial charge in [-0.1, -0.05) is 30.3 Å². The number of rotatable bonds is 3. The molecule has 0 radical (unpaired) electrons. The lowest BCUT2D eigenvalue weighted by Crippen LogP contribution is -2.49. The predicted molar refractivity (Wildman–Crippen MR) is 121 cm³/mol. The van der Waals surface area contributed by atoms with Gasteiger partial charge >= 0.3 is 0 Å². The van der Waals surface area contributed by atoms with Crippen LogP contribution in [0, 0.1) is 13.8 Å². The van der Waals surface area contributed by atoms with Gasteiger partial charge in [0.15, 0.2) is 5.82 Å². The maximum absolute atomic E-state index is 13.2. The molecule has 5 rings (SSSR count). The Labute approximate surface area is 181 Å². The number of nitrogens with zero attached hydrogens (tertiary/aromatic N) is 6. The van der Waals surface area contributed by atoms with Crippen LogP contribution in [-0.4, -0.2) is 56.7 Å². The van der Waals surface area contributed by atoms with E-state index in [4.69, 9.17) is 9.97 Å². The quantitative estimate of drug-likeness (QED) is 0.516. The van der Waals surface area contributed by atoms with Gasteiger partial charge in [0.2, 0.25) is 0 Å². The number of hydrogen-bond acceptors (Lipinski definition) is 5. The van der Waals surface area contributed by atoms with E-state index in [0.29, 0.717) is 18.7 Å². The largest absolute Gasteiger partial charge is 0.352 e. The summed E-state index contributed by atoms with van der Waals surface area (Å²) in [6.45, 7) is 6.67. The number of piperazine rings is 1. The smallest absolute Gasteiger partial charge is 0.257 e. The molecule has 156 valence electrons. The first-order valence-electron chi connectivity index (χ1n) is 10.5. The average molecular weight is 412 g/mol. The summed E-state index contributed by atoms with van der Waals surface area (Å²) in [5, 5.41) is 4.45. The van der Waals surface area contributed by atoms with Crippen molar-refractivity contribution in [3.63, 3.8) is 0 Å². The maximum Gasteiger partial charge on any atom is 0.257 e. The Morgan fingerprint density at radius 1 is 0.839 bits per heavy atom. The fourth-order valence-electron chi connectivity index (χ4n) is 4.12. The van der Waals surface area contributed by atoms with E-state index in [9.17, 15) is 4.79 Å². The molecule has 0 aliphatic carbocycles. The van der Waals surface area contributed by atoms with Gasteiger partial charge in [0.25, 0.3) is 5.91 Å². The molecule has 1 amide bonds. The van der Waals surface area contributed by atoms with Crippen molar-refractivity contribution in [1.29, 1.82) is 0 Å². The van der Waals surface area contributed by atoms with Crippen molar-refractivity contribution in [1.82, 2.24) is 24.6 Å². The molecule has 31 heavy (non-hydrogen) atoms. The number of aryl methyl sites for hydroxylation is 1. The number of amides is 1. The second kappa shape index (κ2) is 7.83. The van der Waals surface area contributed by atoms with Crippen LogP contribution in [0.4, 0.5) is 5.82 Å². The summed E-state index contributed by atoms with van der Waals surface area (Å²) in [4.78, 5) is 26.8.